The topological polar surface area (TPSA) is 42.2 Å². The van der Waals surface area contributed by atoms with E-state index in [2.05, 4.69) is 19.2 Å². The molecule has 2 rings (SSSR count). The average molecular weight is 271 g/mol. The van der Waals surface area contributed by atoms with E-state index < -0.39 is 0 Å². The molecule has 1 aromatic heterocycles. The zero-order valence-electron chi connectivity index (χ0n) is 12.1. The second kappa shape index (κ2) is 7.06. The Morgan fingerprint density at radius 3 is 2.35 bits per heavy atom. The van der Waals surface area contributed by atoms with Crippen LogP contribution in [-0.2, 0) is 19.4 Å². The van der Waals surface area contributed by atoms with E-state index in [0.717, 1.165) is 35.3 Å². The van der Waals surface area contributed by atoms with Gasteiger partial charge in [-0.2, -0.15) is 0 Å². The number of hydrogen-bond acceptors (Lipinski definition) is 3. The van der Waals surface area contributed by atoms with Crippen molar-refractivity contribution in [2.45, 2.75) is 33.2 Å². The first-order valence-corrected chi connectivity index (χ1v) is 7.13. The minimum Gasteiger partial charge on any atom is -0.468 e. The maximum Gasteiger partial charge on any atom is 0.177 e. The van der Waals surface area contributed by atoms with Crippen LogP contribution in [0.2, 0.25) is 0 Å². The van der Waals surface area contributed by atoms with Crippen LogP contribution in [0.5, 0.6) is 0 Å². The Bertz CT molecular complexity index is 536. The summed E-state index contributed by atoms with van der Waals surface area (Å²) in [6.45, 7) is 5.09. The Kier molecular flexibility index (Phi) is 5.13. The molecule has 0 unspecified atom stereocenters. The summed E-state index contributed by atoms with van der Waals surface area (Å²) >= 11 is 0. The first-order chi connectivity index (χ1) is 9.76. The molecule has 3 nitrogen and oxygen atoms in total. The molecular weight excluding hydrogens is 250 g/mol. The average Bonchev–Trinajstić information content (AvgIpc) is 2.99. The number of furan rings is 1. The van der Waals surface area contributed by atoms with Gasteiger partial charge >= 0.3 is 0 Å². The number of carbonyl (C=O) groups is 1. The molecule has 0 fully saturated rings. The molecule has 1 aromatic carbocycles. The molecule has 3 heteroatoms. The highest BCUT2D eigenvalue weighted by Crippen LogP contribution is 2.17. The first-order valence-electron chi connectivity index (χ1n) is 7.13. The fourth-order valence-electron chi connectivity index (χ4n) is 2.40. The van der Waals surface area contributed by atoms with Gasteiger partial charge in [0.15, 0.2) is 5.78 Å². The fraction of sp³-hybridized carbons (Fsp3) is 0.353. The minimum atomic E-state index is 0.158. The lowest BCUT2D eigenvalue weighted by Crippen LogP contribution is -2.24. The lowest BCUT2D eigenvalue weighted by Gasteiger charge is -2.12. The van der Waals surface area contributed by atoms with Gasteiger partial charge in [-0.25, -0.2) is 0 Å². The highest BCUT2D eigenvalue weighted by atomic mass is 16.3. The summed E-state index contributed by atoms with van der Waals surface area (Å²) in [5, 5.41) is 3.15. The van der Waals surface area contributed by atoms with Gasteiger partial charge in [0.25, 0.3) is 0 Å². The van der Waals surface area contributed by atoms with E-state index in [4.69, 9.17) is 4.42 Å². The van der Waals surface area contributed by atoms with Gasteiger partial charge in [0.2, 0.25) is 0 Å². The molecular formula is C17H21NO2. The largest absolute Gasteiger partial charge is 0.468 e. The summed E-state index contributed by atoms with van der Waals surface area (Å²) in [4.78, 5) is 12.4. The number of benzene rings is 1. The number of ketones is 1. The third kappa shape index (κ3) is 3.36. The lowest BCUT2D eigenvalue weighted by atomic mass is 9.94. The molecule has 0 saturated carbocycles. The van der Waals surface area contributed by atoms with Crippen LogP contribution in [0.15, 0.2) is 41.0 Å². The van der Waals surface area contributed by atoms with E-state index in [0.29, 0.717) is 13.1 Å². The van der Waals surface area contributed by atoms with Crippen LogP contribution in [0.1, 0.15) is 41.1 Å². The van der Waals surface area contributed by atoms with Crippen LogP contribution in [0.3, 0.4) is 0 Å². The van der Waals surface area contributed by atoms with Crippen LogP contribution >= 0.6 is 0 Å². The first kappa shape index (κ1) is 14.5. The number of Topliss-reactive ketones (excluding diaryl/α,β-unsaturated/α-hetero) is 1. The lowest BCUT2D eigenvalue weighted by molar-refractivity contribution is 0.0988. The van der Waals surface area contributed by atoms with Crippen LogP contribution in [0.25, 0.3) is 0 Å². The molecule has 2 aromatic rings. The van der Waals surface area contributed by atoms with Crippen molar-refractivity contribution in [3.8, 4) is 0 Å². The van der Waals surface area contributed by atoms with Gasteiger partial charge in [0, 0.05) is 5.56 Å². The molecule has 0 aliphatic carbocycles. The summed E-state index contributed by atoms with van der Waals surface area (Å²) in [7, 11) is 0. The Morgan fingerprint density at radius 2 is 1.80 bits per heavy atom. The standard InChI is InChI=1S/C17H21NO2/c1-3-13-7-5-8-14(4-2)17(13)16(19)12-18-11-15-9-6-10-20-15/h5-10,18H,3-4,11-12H2,1-2H3. The highest BCUT2D eigenvalue weighted by Gasteiger charge is 2.14. The summed E-state index contributed by atoms with van der Waals surface area (Å²) in [5.41, 5.74) is 3.16. The highest BCUT2D eigenvalue weighted by molar-refractivity contribution is 6.00. The van der Waals surface area contributed by atoms with E-state index in [-0.39, 0.29) is 5.78 Å². The molecule has 0 amide bonds. The van der Waals surface area contributed by atoms with Gasteiger partial charge in [-0.1, -0.05) is 32.0 Å². The molecule has 0 aliphatic heterocycles. The summed E-state index contributed by atoms with van der Waals surface area (Å²) < 4.78 is 5.24. The zero-order valence-corrected chi connectivity index (χ0v) is 12.1. The quantitative estimate of drug-likeness (QED) is 0.785. The van der Waals surface area contributed by atoms with Crippen molar-refractivity contribution in [3.63, 3.8) is 0 Å². The van der Waals surface area contributed by atoms with Crippen LogP contribution in [-0.4, -0.2) is 12.3 Å². The zero-order chi connectivity index (χ0) is 14.4. The SMILES string of the molecule is CCc1cccc(CC)c1C(=O)CNCc1ccco1. The molecule has 0 aliphatic rings. The monoisotopic (exact) mass is 271 g/mol. The Hall–Kier alpha value is -1.87. The number of nitrogens with one attached hydrogen (secondary N) is 1. The van der Waals surface area contributed by atoms with Crippen molar-refractivity contribution in [1.29, 1.82) is 0 Å². The van der Waals surface area contributed by atoms with E-state index in [1.165, 1.54) is 0 Å². The molecule has 106 valence electrons. The maximum atomic E-state index is 12.4. The van der Waals surface area contributed by atoms with Gasteiger partial charge in [0.1, 0.15) is 5.76 Å². The molecule has 0 saturated heterocycles. The van der Waals surface area contributed by atoms with Crippen LogP contribution < -0.4 is 5.32 Å². The molecule has 1 N–H and O–H groups in total. The molecule has 0 spiro atoms. The molecule has 0 radical (unpaired) electrons. The normalized spacial score (nSPS) is 10.7. The number of aryl methyl sites for hydroxylation is 2. The van der Waals surface area contributed by atoms with E-state index in [9.17, 15) is 4.79 Å². The van der Waals surface area contributed by atoms with Gasteiger partial charge in [-0.05, 0) is 36.1 Å². The van der Waals surface area contributed by atoms with Crippen molar-refractivity contribution in [3.05, 3.63) is 59.0 Å². The van der Waals surface area contributed by atoms with Crippen molar-refractivity contribution in [2.75, 3.05) is 6.54 Å². The molecule has 0 atom stereocenters. The summed E-state index contributed by atoms with van der Waals surface area (Å²) in [6, 6.07) is 9.86. The van der Waals surface area contributed by atoms with Crippen molar-refractivity contribution < 1.29 is 9.21 Å². The summed E-state index contributed by atoms with van der Waals surface area (Å²) in [6.07, 6.45) is 3.40. The van der Waals surface area contributed by atoms with Crippen molar-refractivity contribution in [2.24, 2.45) is 0 Å². The maximum absolute atomic E-state index is 12.4. The van der Waals surface area contributed by atoms with E-state index in [1.54, 1.807) is 6.26 Å². The fourth-order valence-corrected chi connectivity index (χ4v) is 2.40. The van der Waals surface area contributed by atoms with E-state index >= 15 is 0 Å². The smallest absolute Gasteiger partial charge is 0.177 e. The predicted octanol–water partition coefficient (Wildman–Crippen LogP) is 3.38. The van der Waals surface area contributed by atoms with E-state index in [1.807, 2.05) is 30.3 Å². The second-order valence-corrected chi connectivity index (χ2v) is 4.76. The van der Waals surface area contributed by atoms with Crippen molar-refractivity contribution in [1.82, 2.24) is 5.32 Å². The van der Waals surface area contributed by atoms with Gasteiger partial charge in [0.05, 0.1) is 19.4 Å². The predicted molar refractivity (Wildman–Crippen MR) is 79.9 cm³/mol. The van der Waals surface area contributed by atoms with Gasteiger partial charge in [-0.3, -0.25) is 4.79 Å². The number of rotatable bonds is 7. The Balaban J connectivity index is 2.04. The number of carbonyl (C=O) groups excluding carboxylic acids is 1. The number of hydrogen-bond donors (Lipinski definition) is 1. The molecule has 20 heavy (non-hydrogen) atoms. The van der Waals surface area contributed by atoms with Crippen LogP contribution in [0, 0.1) is 0 Å². The summed E-state index contributed by atoms with van der Waals surface area (Å²) in [5.74, 6) is 1.00. The van der Waals surface area contributed by atoms with Crippen LogP contribution in [0.4, 0.5) is 0 Å². The Morgan fingerprint density at radius 1 is 1.10 bits per heavy atom. The van der Waals surface area contributed by atoms with Gasteiger partial charge < -0.3 is 9.73 Å². The second-order valence-electron chi connectivity index (χ2n) is 4.76. The molecule has 1 heterocycles. The van der Waals surface area contributed by atoms with Crippen molar-refractivity contribution >= 4 is 5.78 Å². The third-order valence-electron chi connectivity index (χ3n) is 3.44. The van der Waals surface area contributed by atoms with Gasteiger partial charge in [-0.15, -0.1) is 0 Å². The molecule has 0 bridgehead atoms. The third-order valence-corrected chi connectivity index (χ3v) is 3.44. The Labute approximate surface area is 120 Å². The minimum absolute atomic E-state index is 0.158.